The molecule has 0 spiro atoms. The quantitative estimate of drug-likeness (QED) is 0.295. The number of aromatic nitrogens is 2. The summed E-state index contributed by atoms with van der Waals surface area (Å²) in [5.41, 5.74) is 13.4. The highest BCUT2D eigenvalue weighted by atomic mass is 16.4. The second-order valence-corrected chi connectivity index (χ2v) is 7.10. The number of aliphatic carboxylic acids is 2. The number of benzene rings is 1. The van der Waals surface area contributed by atoms with Crippen molar-refractivity contribution < 1.29 is 29.7 Å². The van der Waals surface area contributed by atoms with Crippen LogP contribution in [0, 0.1) is 0 Å². The zero-order valence-electron chi connectivity index (χ0n) is 17.2. The van der Waals surface area contributed by atoms with Gasteiger partial charge in [-0.1, -0.05) is 18.7 Å². The van der Waals surface area contributed by atoms with E-state index in [1.807, 2.05) is 0 Å². The summed E-state index contributed by atoms with van der Waals surface area (Å²) in [4.78, 5) is 41.7. The summed E-state index contributed by atoms with van der Waals surface area (Å²) in [6.45, 7) is 4.02. The fourth-order valence-corrected chi connectivity index (χ4v) is 2.99. The summed E-state index contributed by atoms with van der Waals surface area (Å²) in [7, 11) is 0. The molecule has 11 heteroatoms. The molecule has 2 rings (SSSR count). The Hall–Kier alpha value is -4.15. The molecule has 32 heavy (non-hydrogen) atoms. The minimum absolute atomic E-state index is 0.103. The Bertz CT molecular complexity index is 999. The summed E-state index contributed by atoms with van der Waals surface area (Å²) < 4.78 is 0. The van der Waals surface area contributed by atoms with E-state index in [2.05, 4.69) is 21.9 Å². The van der Waals surface area contributed by atoms with Crippen molar-refractivity contribution in [3.05, 3.63) is 47.5 Å². The highest BCUT2D eigenvalue weighted by Gasteiger charge is 2.21. The third-order valence-corrected chi connectivity index (χ3v) is 4.75. The van der Waals surface area contributed by atoms with Crippen molar-refractivity contribution in [1.29, 1.82) is 0 Å². The molecule has 1 aromatic heterocycles. The Labute approximate surface area is 183 Å². The van der Waals surface area contributed by atoms with Gasteiger partial charge in [0.2, 0.25) is 11.8 Å². The third kappa shape index (κ3) is 6.69. The molecule has 0 aliphatic rings. The molecule has 0 aliphatic heterocycles. The first kappa shape index (κ1) is 24.1. The van der Waals surface area contributed by atoms with Gasteiger partial charge in [0.05, 0.1) is 5.56 Å². The minimum Gasteiger partial charge on any atom is -0.493 e. The Morgan fingerprint density at radius 3 is 2.22 bits per heavy atom. The topological polar surface area (TPSA) is 202 Å². The molecule has 11 nitrogen and oxygen atoms in total. The number of anilines is 2. The van der Waals surface area contributed by atoms with Crippen LogP contribution in [0.1, 0.15) is 47.2 Å². The molecule has 0 saturated heterocycles. The number of nitrogens with one attached hydrogen (secondary N) is 1. The smallest absolute Gasteiger partial charge is 0.326 e. The number of carboxylic acids is 2. The first-order valence-corrected chi connectivity index (χ1v) is 9.73. The monoisotopic (exact) mass is 443 g/mol. The number of carboxylic acid groups (broad SMARTS) is 2. The molecule has 1 atom stereocenters. The van der Waals surface area contributed by atoms with Gasteiger partial charge in [-0.25, -0.2) is 4.79 Å². The molecule has 1 aromatic carbocycles. The normalized spacial score (nSPS) is 11.5. The van der Waals surface area contributed by atoms with Crippen molar-refractivity contribution in [2.75, 3.05) is 11.5 Å². The van der Waals surface area contributed by atoms with E-state index >= 15 is 0 Å². The lowest BCUT2D eigenvalue weighted by Gasteiger charge is -2.14. The maximum absolute atomic E-state index is 12.3. The molecular formula is C21H25N5O6. The van der Waals surface area contributed by atoms with E-state index in [9.17, 15) is 19.5 Å². The standard InChI is InChI=1S/C21H25N5O6/c1-11(3-2-4-14-17(22)25-21(23)26-19(14)30)12-5-7-13(8-6-12)18(29)24-15(20(31)32)9-10-16(27)28/h5-8,15H,1-4,9-10H2,(H,24,29)(H,27,28)(H,31,32)(H5,22,23,25,26,30)/t15-/m1/s1. The molecule has 0 saturated carbocycles. The number of nitrogen functional groups attached to an aromatic ring is 2. The summed E-state index contributed by atoms with van der Waals surface area (Å²) in [6.07, 6.45) is 1.01. The van der Waals surface area contributed by atoms with Gasteiger partial charge in [0, 0.05) is 12.0 Å². The van der Waals surface area contributed by atoms with E-state index in [0.717, 1.165) is 11.1 Å². The number of hydrogen-bond donors (Lipinski definition) is 6. The molecule has 0 radical (unpaired) electrons. The maximum atomic E-state index is 12.3. The molecular weight excluding hydrogens is 418 g/mol. The SMILES string of the molecule is C=C(CCCc1c(N)nc(N)nc1O)c1ccc(C(=O)N[C@H](CCC(=O)O)C(=O)O)cc1. The Morgan fingerprint density at radius 2 is 1.66 bits per heavy atom. The van der Waals surface area contributed by atoms with E-state index in [4.69, 9.17) is 21.7 Å². The van der Waals surface area contributed by atoms with Crippen LogP contribution in [0.2, 0.25) is 0 Å². The van der Waals surface area contributed by atoms with Crippen LogP contribution in [0.25, 0.3) is 5.57 Å². The summed E-state index contributed by atoms with van der Waals surface area (Å²) in [5.74, 6) is -3.29. The van der Waals surface area contributed by atoms with Crippen LogP contribution in [0.5, 0.6) is 5.88 Å². The van der Waals surface area contributed by atoms with Crippen molar-refractivity contribution in [3.63, 3.8) is 0 Å². The van der Waals surface area contributed by atoms with E-state index in [1.165, 1.54) is 12.1 Å². The first-order valence-electron chi connectivity index (χ1n) is 9.73. The molecule has 0 unspecified atom stereocenters. The van der Waals surface area contributed by atoms with Gasteiger partial charge < -0.3 is 32.1 Å². The van der Waals surface area contributed by atoms with Crippen LogP contribution in [-0.2, 0) is 16.0 Å². The maximum Gasteiger partial charge on any atom is 0.326 e. The third-order valence-electron chi connectivity index (χ3n) is 4.75. The second-order valence-electron chi connectivity index (χ2n) is 7.10. The number of hydrogen-bond acceptors (Lipinski definition) is 8. The number of allylic oxidation sites excluding steroid dienone is 1. The zero-order chi connectivity index (χ0) is 23.8. The van der Waals surface area contributed by atoms with E-state index in [-0.39, 0.29) is 36.1 Å². The van der Waals surface area contributed by atoms with Crippen LogP contribution in [0.15, 0.2) is 30.8 Å². The Kier molecular flexibility index (Phi) is 8.11. The number of aromatic hydroxyl groups is 1. The number of carbonyl (C=O) groups is 3. The van der Waals surface area contributed by atoms with Crippen LogP contribution < -0.4 is 16.8 Å². The largest absolute Gasteiger partial charge is 0.493 e. The average molecular weight is 443 g/mol. The van der Waals surface area contributed by atoms with Crippen molar-refractivity contribution in [2.45, 2.75) is 38.1 Å². The van der Waals surface area contributed by atoms with Gasteiger partial charge in [-0.05, 0) is 49.0 Å². The highest BCUT2D eigenvalue weighted by Crippen LogP contribution is 2.25. The minimum atomic E-state index is -1.30. The van der Waals surface area contributed by atoms with Crippen molar-refractivity contribution in [3.8, 4) is 5.88 Å². The highest BCUT2D eigenvalue weighted by molar-refractivity contribution is 5.96. The summed E-state index contributed by atoms with van der Waals surface area (Å²) >= 11 is 0. The second kappa shape index (κ2) is 10.8. The van der Waals surface area contributed by atoms with Gasteiger partial charge >= 0.3 is 11.9 Å². The van der Waals surface area contributed by atoms with Gasteiger partial charge in [-0.2, -0.15) is 9.97 Å². The van der Waals surface area contributed by atoms with E-state index in [0.29, 0.717) is 24.8 Å². The lowest BCUT2D eigenvalue weighted by Crippen LogP contribution is -2.41. The predicted octanol–water partition coefficient (Wildman–Crippen LogP) is 1.43. The molecule has 1 amide bonds. The molecule has 8 N–H and O–H groups in total. The molecule has 170 valence electrons. The summed E-state index contributed by atoms with van der Waals surface area (Å²) in [6, 6.07) is 5.13. The fourth-order valence-electron chi connectivity index (χ4n) is 2.99. The van der Waals surface area contributed by atoms with Gasteiger partial charge in [0.15, 0.2) is 0 Å². The number of amides is 1. The Balaban J connectivity index is 1.93. The molecule has 0 fully saturated rings. The van der Waals surface area contributed by atoms with Crippen LogP contribution in [0.4, 0.5) is 11.8 Å². The number of rotatable bonds is 11. The van der Waals surface area contributed by atoms with Crippen LogP contribution >= 0.6 is 0 Å². The molecule has 1 heterocycles. The summed E-state index contributed by atoms with van der Waals surface area (Å²) in [5, 5.41) is 30.0. The fraction of sp³-hybridized carbons (Fsp3) is 0.286. The van der Waals surface area contributed by atoms with Gasteiger partial charge in [0.25, 0.3) is 5.91 Å². The van der Waals surface area contributed by atoms with Crippen LogP contribution in [0.3, 0.4) is 0 Å². The lowest BCUT2D eigenvalue weighted by atomic mass is 9.99. The van der Waals surface area contributed by atoms with Crippen molar-refractivity contribution in [1.82, 2.24) is 15.3 Å². The number of nitrogens with two attached hydrogens (primary N) is 2. The van der Waals surface area contributed by atoms with Crippen molar-refractivity contribution in [2.24, 2.45) is 0 Å². The zero-order valence-corrected chi connectivity index (χ0v) is 17.2. The van der Waals surface area contributed by atoms with Gasteiger partial charge in [0.1, 0.15) is 11.9 Å². The van der Waals surface area contributed by atoms with Crippen LogP contribution in [-0.4, -0.2) is 49.2 Å². The average Bonchev–Trinajstić information content (AvgIpc) is 2.72. The van der Waals surface area contributed by atoms with Crippen molar-refractivity contribution >= 4 is 35.2 Å². The van der Waals surface area contributed by atoms with E-state index < -0.39 is 23.9 Å². The predicted molar refractivity (Wildman–Crippen MR) is 117 cm³/mol. The molecule has 0 aliphatic carbocycles. The molecule has 0 bridgehead atoms. The lowest BCUT2D eigenvalue weighted by molar-refractivity contribution is -0.140. The van der Waals surface area contributed by atoms with Gasteiger partial charge in [-0.3, -0.25) is 9.59 Å². The molecule has 2 aromatic rings. The number of nitrogens with zero attached hydrogens (tertiary/aromatic N) is 2. The first-order chi connectivity index (χ1) is 15.1. The van der Waals surface area contributed by atoms with Gasteiger partial charge in [-0.15, -0.1) is 0 Å². The Morgan fingerprint density at radius 1 is 1.03 bits per heavy atom. The van der Waals surface area contributed by atoms with E-state index in [1.54, 1.807) is 12.1 Å². The number of carbonyl (C=O) groups excluding carboxylic acids is 1.